The topological polar surface area (TPSA) is 84.7 Å². The average molecular weight is 360 g/mol. The number of halogens is 1. The van der Waals surface area contributed by atoms with Crippen LogP contribution in [0.25, 0.3) is 0 Å². The van der Waals surface area contributed by atoms with E-state index in [1.807, 2.05) is 6.92 Å². The summed E-state index contributed by atoms with van der Waals surface area (Å²) in [4.78, 5) is 24.8. The predicted octanol–water partition coefficient (Wildman–Crippen LogP) is 4.02. The molecule has 0 radical (unpaired) electrons. The molecular weight excluding hydrogens is 346 g/mol. The summed E-state index contributed by atoms with van der Waals surface area (Å²) >= 11 is 6.06. The van der Waals surface area contributed by atoms with E-state index in [1.165, 1.54) is 17.0 Å². The third kappa shape index (κ3) is 2.47. The number of anilines is 1. The molecular formula is C17H14ClN3O4. The van der Waals surface area contributed by atoms with Crippen molar-refractivity contribution in [1.82, 2.24) is 5.32 Å². The molecule has 25 heavy (non-hydrogen) atoms. The van der Waals surface area contributed by atoms with Gasteiger partial charge in [0.25, 0.3) is 5.69 Å². The first kappa shape index (κ1) is 15.7. The first-order chi connectivity index (χ1) is 11.9. The molecule has 1 saturated heterocycles. The Morgan fingerprint density at radius 3 is 2.88 bits per heavy atom. The van der Waals surface area contributed by atoms with Crippen LogP contribution in [0.1, 0.15) is 24.9 Å². The maximum atomic E-state index is 12.7. The number of hydrogen-bond donors (Lipinski definition) is 1. The number of nitro groups is 1. The van der Waals surface area contributed by atoms with Gasteiger partial charge in [-0.2, -0.15) is 0 Å². The van der Waals surface area contributed by atoms with E-state index in [0.29, 0.717) is 28.4 Å². The normalized spacial score (nSPS) is 24.2. The third-order valence-corrected chi connectivity index (χ3v) is 4.77. The van der Waals surface area contributed by atoms with E-state index < -0.39 is 10.6 Å². The quantitative estimate of drug-likeness (QED) is 0.648. The van der Waals surface area contributed by atoms with Gasteiger partial charge in [-0.25, -0.2) is 4.79 Å². The van der Waals surface area contributed by atoms with Gasteiger partial charge >= 0.3 is 6.03 Å². The van der Waals surface area contributed by atoms with Crippen LogP contribution in [0.2, 0.25) is 5.02 Å². The minimum absolute atomic E-state index is 0.0301. The number of nitrogens with one attached hydrogen (secondary N) is 1. The molecule has 2 amide bonds. The Morgan fingerprint density at radius 1 is 1.36 bits per heavy atom. The van der Waals surface area contributed by atoms with Crippen LogP contribution in [0.4, 0.5) is 16.2 Å². The second kappa shape index (κ2) is 5.35. The summed E-state index contributed by atoms with van der Waals surface area (Å²) in [5, 5.41) is 14.4. The van der Waals surface area contributed by atoms with Crippen LogP contribution in [0.3, 0.4) is 0 Å². The summed E-state index contributed by atoms with van der Waals surface area (Å²) in [6.07, 6.45) is 0.458. The van der Waals surface area contributed by atoms with Crippen molar-refractivity contribution in [3.63, 3.8) is 0 Å². The number of carbonyl (C=O) groups excluding carboxylic acids is 1. The molecule has 0 spiro atoms. The Bertz CT molecular complexity index is 903. The summed E-state index contributed by atoms with van der Waals surface area (Å²) in [7, 11) is 0. The highest BCUT2D eigenvalue weighted by molar-refractivity contribution is 6.30. The summed E-state index contributed by atoms with van der Waals surface area (Å²) in [5.74, 6) is 0.524. The van der Waals surface area contributed by atoms with Gasteiger partial charge in [-0.15, -0.1) is 0 Å². The lowest BCUT2D eigenvalue weighted by Gasteiger charge is -2.50. The Morgan fingerprint density at radius 2 is 2.16 bits per heavy atom. The molecule has 1 N–H and O–H groups in total. The zero-order valence-electron chi connectivity index (χ0n) is 13.2. The fraction of sp³-hybridized carbons (Fsp3) is 0.235. The van der Waals surface area contributed by atoms with Crippen LogP contribution in [0.5, 0.6) is 5.75 Å². The number of ether oxygens (including phenoxy) is 1. The molecule has 0 saturated carbocycles. The van der Waals surface area contributed by atoms with E-state index in [9.17, 15) is 14.9 Å². The van der Waals surface area contributed by atoms with Gasteiger partial charge in [0.1, 0.15) is 5.75 Å². The number of amides is 2. The monoisotopic (exact) mass is 359 g/mol. The minimum atomic E-state index is -0.916. The number of benzene rings is 2. The van der Waals surface area contributed by atoms with Crippen molar-refractivity contribution in [2.45, 2.75) is 25.1 Å². The van der Waals surface area contributed by atoms with Crippen molar-refractivity contribution in [3.05, 3.63) is 63.2 Å². The van der Waals surface area contributed by atoms with E-state index in [1.54, 1.807) is 30.3 Å². The Balaban J connectivity index is 1.79. The van der Waals surface area contributed by atoms with Gasteiger partial charge in [0, 0.05) is 29.1 Å². The molecule has 8 heteroatoms. The zero-order valence-corrected chi connectivity index (χ0v) is 14.0. The van der Waals surface area contributed by atoms with Gasteiger partial charge in [-0.3, -0.25) is 15.0 Å². The molecule has 128 valence electrons. The average Bonchev–Trinajstić information content (AvgIpc) is 2.53. The van der Waals surface area contributed by atoms with Crippen LogP contribution < -0.4 is 15.0 Å². The third-order valence-electron chi connectivity index (χ3n) is 4.53. The first-order valence-electron chi connectivity index (χ1n) is 7.71. The first-order valence-corrected chi connectivity index (χ1v) is 8.09. The van der Waals surface area contributed by atoms with Crippen molar-refractivity contribution in [2.75, 3.05) is 4.90 Å². The SMILES string of the molecule is C[C@]12C[C@H](NC(=O)N1c1cccc(Cl)c1)c1cc([N+](=O)[O-])ccc1O2. The molecule has 0 aromatic heterocycles. The molecule has 1 fully saturated rings. The van der Waals surface area contributed by atoms with E-state index in [2.05, 4.69) is 5.32 Å². The second-order valence-electron chi connectivity index (χ2n) is 6.28. The molecule has 0 unspecified atom stereocenters. The lowest BCUT2D eigenvalue weighted by Crippen LogP contribution is -2.65. The van der Waals surface area contributed by atoms with Gasteiger partial charge in [-0.1, -0.05) is 17.7 Å². The molecule has 2 aliphatic heterocycles. The molecule has 2 bridgehead atoms. The lowest BCUT2D eigenvalue weighted by molar-refractivity contribution is -0.385. The summed E-state index contributed by atoms with van der Waals surface area (Å²) in [5.41, 5.74) is 0.292. The maximum absolute atomic E-state index is 12.7. The molecule has 2 aromatic rings. The Labute approximate surface area is 148 Å². The van der Waals surface area contributed by atoms with Crippen molar-refractivity contribution in [1.29, 1.82) is 0 Å². The highest BCUT2D eigenvalue weighted by Crippen LogP contribution is 2.46. The Hall–Kier alpha value is -2.80. The van der Waals surface area contributed by atoms with E-state index in [4.69, 9.17) is 16.3 Å². The van der Waals surface area contributed by atoms with Crippen LogP contribution in [0.15, 0.2) is 42.5 Å². The molecule has 7 nitrogen and oxygen atoms in total. The highest BCUT2D eigenvalue weighted by Gasteiger charge is 2.50. The molecule has 2 atom stereocenters. The summed E-state index contributed by atoms with van der Waals surface area (Å²) in [6, 6.07) is 10.7. The van der Waals surface area contributed by atoms with Crippen LogP contribution >= 0.6 is 11.6 Å². The number of rotatable bonds is 2. The van der Waals surface area contributed by atoms with E-state index in [0.717, 1.165) is 0 Å². The van der Waals surface area contributed by atoms with Gasteiger partial charge in [0.15, 0.2) is 5.72 Å². The predicted molar refractivity (Wildman–Crippen MR) is 92.0 cm³/mol. The lowest BCUT2D eigenvalue weighted by atomic mass is 9.90. The molecule has 2 aliphatic rings. The molecule has 4 rings (SSSR count). The van der Waals surface area contributed by atoms with Gasteiger partial charge in [-0.05, 0) is 31.2 Å². The van der Waals surface area contributed by atoms with Crippen molar-refractivity contribution >= 4 is 29.0 Å². The van der Waals surface area contributed by atoms with E-state index in [-0.39, 0.29) is 17.8 Å². The van der Waals surface area contributed by atoms with Gasteiger partial charge in [0.05, 0.1) is 16.7 Å². The number of non-ortho nitro benzene ring substituents is 1. The smallest absolute Gasteiger partial charge is 0.325 e. The maximum Gasteiger partial charge on any atom is 0.325 e. The fourth-order valence-corrected chi connectivity index (χ4v) is 3.67. The van der Waals surface area contributed by atoms with Crippen molar-refractivity contribution in [3.8, 4) is 5.75 Å². The number of nitro benzene ring substituents is 1. The Kier molecular flexibility index (Phi) is 3.36. The number of nitrogens with zero attached hydrogens (tertiary/aromatic N) is 2. The summed E-state index contributed by atoms with van der Waals surface area (Å²) in [6.45, 7) is 1.82. The standard InChI is InChI=1S/C17H14ClN3O4/c1-17-9-14(13-8-12(21(23)24)5-6-15(13)25-17)19-16(22)20(17)11-4-2-3-10(18)7-11/h2-8,14H,9H2,1H3,(H,19,22)/t14-,17-/m0/s1. The van der Waals surface area contributed by atoms with Gasteiger partial charge < -0.3 is 10.1 Å². The second-order valence-corrected chi connectivity index (χ2v) is 6.71. The largest absolute Gasteiger partial charge is 0.467 e. The number of hydrogen-bond acceptors (Lipinski definition) is 4. The van der Waals surface area contributed by atoms with Crippen molar-refractivity contribution < 1.29 is 14.5 Å². The molecule has 0 aliphatic carbocycles. The molecule has 2 heterocycles. The van der Waals surface area contributed by atoms with Crippen LogP contribution in [-0.2, 0) is 0 Å². The molecule has 2 aromatic carbocycles. The number of carbonyl (C=O) groups is 1. The summed E-state index contributed by atoms with van der Waals surface area (Å²) < 4.78 is 6.10. The van der Waals surface area contributed by atoms with Crippen LogP contribution in [0, 0.1) is 10.1 Å². The van der Waals surface area contributed by atoms with E-state index >= 15 is 0 Å². The van der Waals surface area contributed by atoms with Gasteiger partial charge in [0.2, 0.25) is 0 Å². The zero-order chi connectivity index (χ0) is 17.8. The minimum Gasteiger partial charge on any atom is -0.467 e. The fourth-order valence-electron chi connectivity index (χ4n) is 3.48. The highest BCUT2D eigenvalue weighted by atomic mass is 35.5. The van der Waals surface area contributed by atoms with Crippen LogP contribution in [-0.4, -0.2) is 16.7 Å². The number of urea groups is 1. The number of fused-ring (bicyclic) bond motifs is 4. The van der Waals surface area contributed by atoms with Crippen molar-refractivity contribution in [2.24, 2.45) is 0 Å².